The molecule has 0 aliphatic heterocycles. The Labute approximate surface area is 138 Å². The van der Waals surface area contributed by atoms with Crippen LogP contribution in [0.3, 0.4) is 0 Å². The minimum absolute atomic E-state index is 0.189. The standard InChI is InChI=1S/C15H13Cl2NO2S/c1-19-13-7-2-4-9(15(18)21)14(13)20-8-10-11(16)5-3-6-12(10)17/h2-7H,8H2,1H3,(H2,18,21). The van der Waals surface area contributed by atoms with E-state index in [1.165, 1.54) is 0 Å². The van der Waals surface area contributed by atoms with Gasteiger partial charge in [-0.1, -0.05) is 47.6 Å². The Balaban J connectivity index is 2.33. The van der Waals surface area contributed by atoms with Crippen LogP contribution in [0.1, 0.15) is 11.1 Å². The molecular formula is C15H13Cl2NO2S. The highest BCUT2D eigenvalue weighted by Crippen LogP contribution is 2.33. The van der Waals surface area contributed by atoms with Crippen molar-refractivity contribution in [3.8, 4) is 11.5 Å². The highest BCUT2D eigenvalue weighted by atomic mass is 35.5. The molecule has 2 N–H and O–H groups in total. The monoisotopic (exact) mass is 341 g/mol. The Bertz CT molecular complexity index is 656. The van der Waals surface area contributed by atoms with Crippen molar-refractivity contribution in [1.29, 1.82) is 0 Å². The zero-order chi connectivity index (χ0) is 15.4. The lowest BCUT2D eigenvalue weighted by molar-refractivity contribution is 0.284. The first-order valence-electron chi connectivity index (χ1n) is 6.07. The smallest absolute Gasteiger partial charge is 0.171 e. The van der Waals surface area contributed by atoms with Gasteiger partial charge in [0.1, 0.15) is 11.6 Å². The van der Waals surface area contributed by atoms with Crippen LogP contribution < -0.4 is 15.2 Å². The van der Waals surface area contributed by atoms with E-state index in [4.69, 9.17) is 50.6 Å². The number of nitrogens with two attached hydrogens (primary N) is 1. The van der Waals surface area contributed by atoms with Gasteiger partial charge in [0.25, 0.3) is 0 Å². The second-order valence-electron chi connectivity index (χ2n) is 4.19. The molecule has 21 heavy (non-hydrogen) atoms. The Morgan fingerprint density at radius 3 is 2.33 bits per heavy atom. The number of hydrogen-bond donors (Lipinski definition) is 1. The molecule has 2 aromatic rings. The van der Waals surface area contributed by atoms with Crippen molar-refractivity contribution in [2.45, 2.75) is 6.61 Å². The molecular weight excluding hydrogens is 329 g/mol. The molecule has 0 aliphatic rings. The van der Waals surface area contributed by atoms with E-state index in [0.29, 0.717) is 32.7 Å². The zero-order valence-electron chi connectivity index (χ0n) is 11.2. The van der Waals surface area contributed by atoms with Crippen LogP contribution in [0.25, 0.3) is 0 Å². The van der Waals surface area contributed by atoms with Gasteiger partial charge in [0, 0.05) is 15.6 Å². The van der Waals surface area contributed by atoms with Crippen molar-refractivity contribution in [3.63, 3.8) is 0 Å². The third-order valence-electron chi connectivity index (χ3n) is 2.89. The van der Waals surface area contributed by atoms with Gasteiger partial charge < -0.3 is 15.2 Å². The molecule has 0 heterocycles. The van der Waals surface area contributed by atoms with E-state index >= 15 is 0 Å². The van der Waals surface area contributed by atoms with Gasteiger partial charge in [-0.05, 0) is 24.3 Å². The van der Waals surface area contributed by atoms with Crippen molar-refractivity contribution in [3.05, 3.63) is 57.6 Å². The van der Waals surface area contributed by atoms with Gasteiger partial charge in [-0.25, -0.2) is 0 Å². The molecule has 2 aromatic carbocycles. The van der Waals surface area contributed by atoms with E-state index in [9.17, 15) is 0 Å². The lowest BCUT2D eigenvalue weighted by Crippen LogP contribution is -2.12. The van der Waals surface area contributed by atoms with Crippen molar-refractivity contribution in [2.24, 2.45) is 5.73 Å². The summed E-state index contributed by atoms with van der Waals surface area (Å²) < 4.78 is 11.1. The lowest BCUT2D eigenvalue weighted by Gasteiger charge is -2.15. The van der Waals surface area contributed by atoms with Crippen molar-refractivity contribution < 1.29 is 9.47 Å². The Hall–Kier alpha value is -1.49. The highest BCUT2D eigenvalue weighted by Gasteiger charge is 2.14. The fraction of sp³-hybridized carbons (Fsp3) is 0.133. The second kappa shape index (κ2) is 6.98. The van der Waals surface area contributed by atoms with Gasteiger partial charge in [0.2, 0.25) is 0 Å². The van der Waals surface area contributed by atoms with Crippen molar-refractivity contribution in [1.82, 2.24) is 0 Å². The molecule has 0 bridgehead atoms. The topological polar surface area (TPSA) is 44.5 Å². The van der Waals surface area contributed by atoms with E-state index in [1.807, 2.05) is 0 Å². The molecule has 0 atom stereocenters. The summed E-state index contributed by atoms with van der Waals surface area (Å²) in [4.78, 5) is 0.231. The number of ether oxygens (including phenoxy) is 2. The Morgan fingerprint density at radius 1 is 1.14 bits per heavy atom. The summed E-state index contributed by atoms with van der Waals surface area (Å²) in [6.45, 7) is 0.189. The second-order valence-corrected chi connectivity index (χ2v) is 5.44. The molecule has 0 aliphatic carbocycles. The highest BCUT2D eigenvalue weighted by molar-refractivity contribution is 7.80. The summed E-state index contributed by atoms with van der Waals surface area (Å²) in [7, 11) is 1.55. The summed E-state index contributed by atoms with van der Waals surface area (Å²) >= 11 is 17.3. The van der Waals surface area contributed by atoms with Gasteiger partial charge in [-0.3, -0.25) is 0 Å². The first-order chi connectivity index (χ1) is 10.0. The number of methoxy groups -OCH3 is 1. The third kappa shape index (κ3) is 3.59. The van der Waals surface area contributed by atoms with Gasteiger partial charge >= 0.3 is 0 Å². The van der Waals surface area contributed by atoms with Crippen LogP contribution in [-0.4, -0.2) is 12.1 Å². The van der Waals surface area contributed by atoms with E-state index in [1.54, 1.807) is 43.5 Å². The lowest BCUT2D eigenvalue weighted by atomic mass is 10.2. The van der Waals surface area contributed by atoms with E-state index in [-0.39, 0.29) is 11.6 Å². The Morgan fingerprint density at radius 2 is 1.76 bits per heavy atom. The number of thiocarbonyl (C=S) groups is 1. The number of benzene rings is 2. The quantitative estimate of drug-likeness (QED) is 0.827. The molecule has 110 valence electrons. The normalized spacial score (nSPS) is 10.2. The molecule has 0 fully saturated rings. The van der Waals surface area contributed by atoms with E-state index in [0.717, 1.165) is 0 Å². The summed E-state index contributed by atoms with van der Waals surface area (Å²) in [6.07, 6.45) is 0. The number of para-hydroxylation sites is 1. The SMILES string of the molecule is COc1cccc(C(N)=S)c1OCc1c(Cl)cccc1Cl. The maximum Gasteiger partial charge on any atom is 0.171 e. The minimum Gasteiger partial charge on any atom is -0.493 e. The maximum atomic E-state index is 6.13. The predicted molar refractivity (Wildman–Crippen MR) is 89.7 cm³/mol. The molecule has 0 radical (unpaired) electrons. The van der Waals surface area contributed by atoms with Crippen LogP contribution in [0.15, 0.2) is 36.4 Å². The van der Waals surface area contributed by atoms with Crippen LogP contribution >= 0.6 is 35.4 Å². The first-order valence-corrected chi connectivity index (χ1v) is 7.23. The largest absolute Gasteiger partial charge is 0.493 e. The molecule has 6 heteroatoms. The molecule has 0 unspecified atom stereocenters. The van der Waals surface area contributed by atoms with Gasteiger partial charge in [-0.2, -0.15) is 0 Å². The Kier molecular flexibility index (Phi) is 5.28. The van der Waals surface area contributed by atoms with E-state index < -0.39 is 0 Å². The third-order valence-corrected chi connectivity index (χ3v) is 3.81. The number of halogens is 2. The first kappa shape index (κ1) is 15.9. The molecule has 0 spiro atoms. The minimum atomic E-state index is 0.189. The fourth-order valence-corrected chi connectivity index (χ4v) is 2.50. The average molecular weight is 342 g/mol. The molecule has 3 nitrogen and oxygen atoms in total. The molecule has 0 amide bonds. The number of rotatable bonds is 5. The van der Waals surface area contributed by atoms with Gasteiger partial charge in [-0.15, -0.1) is 0 Å². The van der Waals surface area contributed by atoms with Crippen molar-refractivity contribution in [2.75, 3.05) is 7.11 Å². The molecule has 0 aromatic heterocycles. The average Bonchev–Trinajstić information content (AvgIpc) is 2.46. The van der Waals surface area contributed by atoms with Gasteiger partial charge in [0.05, 0.1) is 12.7 Å². The summed E-state index contributed by atoms with van der Waals surface area (Å²) in [5.74, 6) is 1.02. The molecule has 0 saturated heterocycles. The molecule has 0 saturated carbocycles. The van der Waals surface area contributed by atoms with Crippen LogP contribution in [0.4, 0.5) is 0 Å². The zero-order valence-corrected chi connectivity index (χ0v) is 13.6. The summed E-state index contributed by atoms with van der Waals surface area (Å²) in [5.41, 5.74) is 7.01. The fourth-order valence-electron chi connectivity index (χ4n) is 1.83. The summed E-state index contributed by atoms with van der Waals surface area (Å²) in [6, 6.07) is 10.6. The predicted octanol–water partition coefficient (Wildman–Crippen LogP) is 4.22. The van der Waals surface area contributed by atoms with E-state index in [2.05, 4.69) is 0 Å². The summed E-state index contributed by atoms with van der Waals surface area (Å²) in [5, 5.41) is 1.07. The maximum absolute atomic E-state index is 6.13. The van der Waals surface area contributed by atoms with Crippen LogP contribution in [0, 0.1) is 0 Å². The van der Waals surface area contributed by atoms with Crippen molar-refractivity contribution >= 4 is 40.4 Å². The number of hydrogen-bond acceptors (Lipinski definition) is 3. The molecule has 2 rings (SSSR count). The van der Waals surface area contributed by atoms with Crippen LogP contribution in [0.2, 0.25) is 10.0 Å². The van der Waals surface area contributed by atoms with Crippen LogP contribution in [-0.2, 0) is 6.61 Å². The van der Waals surface area contributed by atoms with Gasteiger partial charge in [0.15, 0.2) is 11.5 Å². The van der Waals surface area contributed by atoms with Crippen LogP contribution in [0.5, 0.6) is 11.5 Å².